The Morgan fingerprint density at radius 3 is 2.55 bits per heavy atom. The predicted octanol–water partition coefficient (Wildman–Crippen LogP) is 1.94. The Morgan fingerprint density at radius 2 is 1.93 bits per heavy atom. The number of hydrogen-bond donors (Lipinski definition) is 2. The summed E-state index contributed by atoms with van der Waals surface area (Å²) in [4.78, 5) is 38.0. The number of likely N-dealkylation sites (tertiary alicyclic amines) is 1. The molecule has 8 heteroatoms. The zero-order valence-electron chi connectivity index (χ0n) is 17.0. The highest BCUT2D eigenvalue weighted by Gasteiger charge is 2.32. The maximum absolute atomic E-state index is 12.5. The highest BCUT2D eigenvalue weighted by Crippen LogP contribution is 2.29. The van der Waals surface area contributed by atoms with Crippen molar-refractivity contribution < 1.29 is 23.9 Å². The van der Waals surface area contributed by atoms with E-state index in [1.807, 2.05) is 4.90 Å². The standard InChI is InChI=1S/C21H29N3O5/c1-28-15-4-5-16(18(13-15)29-2)22-19(25)7-3-14-9-11-24(12-10-14)21(27)17-6-8-20(26)23-17/h4-5,13-14,17H,3,6-12H2,1-2H3,(H,22,25)(H,23,26)/t17-/m0/s1. The molecule has 0 aromatic heterocycles. The Labute approximate surface area is 170 Å². The molecule has 0 saturated carbocycles. The zero-order valence-corrected chi connectivity index (χ0v) is 17.0. The highest BCUT2D eigenvalue weighted by atomic mass is 16.5. The average Bonchev–Trinajstić information content (AvgIpc) is 3.18. The van der Waals surface area contributed by atoms with Crippen LogP contribution in [0, 0.1) is 5.92 Å². The fourth-order valence-electron chi connectivity index (χ4n) is 3.91. The Balaban J connectivity index is 1.41. The molecule has 8 nitrogen and oxygen atoms in total. The summed E-state index contributed by atoms with van der Waals surface area (Å²) < 4.78 is 10.5. The van der Waals surface area contributed by atoms with Crippen LogP contribution in [-0.2, 0) is 14.4 Å². The first kappa shape index (κ1) is 21.0. The number of carbonyl (C=O) groups excluding carboxylic acids is 3. The Morgan fingerprint density at radius 1 is 1.17 bits per heavy atom. The van der Waals surface area contributed by atoms with Crippen LogP contribution in [-0.4, -0.2) is 56.0 Å². The molecule has 2 aliphatic rings. The molecule has 1 aromatic rings. The fourth-order valence-corrected chi connectivity index (χ4v) is 3.91. The van der Waals surface area contributed by atoms with Gasteiger partial charge in [-0.1, -0.05) is 0 Å². The molecule has 0 bridgehead atoms. The van der Waals surface area contributed by atoms with E-state index < -0.39 is 0 Å². The second-order valence-corrected chi connectivity index (χ2v) is 7.58. The van der Waals surface area contributed by atoms with Crippen LogP contribution in [0.4, 0.5) is 5.69 Å². The molecule has 0 aliphatic carbocycles. The molecule has 2 aliphatic heterocycles. The molecule has 3 rings (SSSR count). The minimum Gasteiger partial charge on any atom is -0.497 e. The van der Waals surface area contributed by atoms with Gasteiger partial charge in [-0.15, -0.1) is 0 Å². The van der Waals surface area contributed by atoms with Crippen LogP contribution >= 0.6 is 0 Å². The van der Waals surface area contributed by atoms with Gasteiger partial charge in [0.1, 0.15) is 17.5 Å². The number of benzene rings is 1. The third kappa shape index (κ3) is 5.40. The number of hydrogen-bond acceptors (Lipinski definition) is 5. The fraction of sp³-hybridized carbons (Fsp3) is 0.571. The van der Waals surface area contributed by atoms with Gasteiger partial charge >= 0.3 is 0 Å². The second kappa shape index (κ2) is 9.62. The van der Waals surface area contributed by atoms with Crippen LogP contribution in [0.5, 0.6) is 11.5 Å². The second-order valence-electron chi connectivity index (χ2n) is 7.58. The molecule has 1 atom stereocenters. The topological polar surface area (TPSA) is 97.0 Å². The molecule has 2 saturated heterocycles. The van der Waals surface area contributed by atoms with Gasteiger partial charge in [-0.25, -0.2) is 0 Å². The molecule has 29 heavy (non-hydrogen) atoms. The van der Waals surface area contributed by atoms with Crippen LogP contribution in [0.2, 0.25) is 0 Å². The lowest BCUT2D eigenvalue weighted by molar-refractivity contribution is -0.135. The summed E-state index contributed by atoms with van der Waals surface area (Å²) in [7, 11) is 3.13. The van der Waals surface area contributed by atoms with Crippen molar-refractivity contribution in [3.05, 3.63) is 18.2 Å². The Bertz CT molecular complexity index is 759. The highest BCUT2D eigenvalue weighted by molar-refractivity contribution is 5.92. The smallest absolute Gasteiger partial charge is 0.245 e. The van der Waals surface area contributed by atoms with Crippen molar-refractivity contribution in [2.45, 2.75) is 44.6 Å². The van der Waals surface area contributed by atoms with Gasteiger partial charge in [0.15, 0.2) is 0 Å². The van der Waals surface area contributed by atoms with Crippen molar-refractivity contribution in [3.63, 3.8) is 0 Å². The van der Waals surface area contributed by atoms with Gasteiger partial charge in [-0.2, -0.15) is 0 Å². The maximum atomic E-state index is 12.5. The average molecular weight is 403 g/mol. The van der Waals surface area contributed by atoms with Crippen molar-refractivity contribution in [2.24, 2.45) is 5.92 Å². The molecule has 0 unspecified atom stereocenters. The van der Waals surface area contributed by atoms with Crippen LogP contribution in [0.1, 0.15) is 38.5 Å². The summed E-state index contributed by atoms with van der Waals surface area (Å²) in [6.45, 7) is 1.37. The van der Waals surface area contributed by atoms with Crippen molar-refractivity contribution >= 4 is 23.4 Å². The summed E-state index contributed by atoms with van der Waals surface area (Å²) >= 11 is 0. The molecule has 1 aromatic carbocycles. The number of carbonyl (C=O) groups is 3. The van der Waals surface area contributed by atoms with Crippen LogP contribution in [0.15, 0.2) is 18.2 Å². The first-order chi connectivity index (χ1) is 14.0. The van der Waals surface area contributed by atoms with E-state index in [0.29, 0.717) is 55.5 Å². The van der Waals surface area contributed by atoms with E-state index in [0.717, 1.165) is 19.3 Å². The largest absolute Gasteiger partial charge is 0.497 e. The quantitative estimate of drug-likeness (QED) is 0.725. The first-order valence-corrected chi connectivity index (χ1v) is 10.1. The monoisotopic (exact) mass is 403 g/mol. The van der Waals surface area contributed by atoms with Gasteiger partial charge in [0.05, 0.1) is 19.9 Å². The zero-order chi connectivity index (χ0) is 20.8. The van der Waals surface area contributed by atoms with Gasteiger partial charge in [0.25, 0.3) is 0 Å². The summed E-state index contributed by atoms with van der Waals surface area (Å²) in [6, 6.07) is 4.91. The summed E-state index contributed by atoms with van der Waals surface area (Å²) in [5.74, 6) is 1.57. The van der Waals surface area contributed by atoms with E-state index >= 15 is 0 Å². The van der Waals surface area contributed by atoms with Gasteiger partial charge < -0.3 is 25.0 Å². The van der Waals surface area contributed by atoms with Crippen LogP contribution in [0.3, 0.4) is 0 Å². The van der Waals surface area contributed by atoms with Gasteiger partial charge in [0, 0.05) is 32.0 Å². The van der Waals surface area contributed by atoms with E-state index in [2.05, 4.69) is 10.6 Å². The van der Waals surface area contributed by atoms with E-state index in [-0.39, 0.29) is 23.8 Å². The van der Waals surface area contributed by atoms with E-state index in [1.54, 1.807) is 32.4 Å². The number of nitrogens with zero attached hydrogens (tertiary/aromatic N) is 1. The van der Waals surface area contributed by atoms with Crippen molar-refractivity contribution in [2.75, 3.05) is 32.6 Å². The predicted molar refractivity (Wildman–Crippen MR) is 108 cm³/mol. The van der Waals surface area contributed by atoms with Crippen LogP contribution in [0.25, 0.3) is 0 Å². The van der Waals surface area contributed by atoms with E-state index in [4.69, 9.17) is 9.47 Å². The molecular weight excluding hydrogens is 374 g/mol. The first-order valence-electron chi connectivity index (χ1n) is 10.1. The van der Waals surface area contributed by atoms with Gasteiger partial charge in [-0.3, -0.25) is 14.4 Å². The van der Waals surface area contributed by atoms with Gasteiger partial charge in [0.2, 0.25) is 17.7 Å². The Kier molecular flexibility index (Phi) is 6.95. The Hall–Kier alpha value is -2.77. The van der Waals surface area contributed by atoms with Crippen molar-refractivity contribution in [3.8, 4) is 11.5 Å². The molecule has 2 heterocycles. The number of ether oxygens (including phenoxy) is 2. The van der Waals surface area contributed by atoms with Crippen molar-refractivity contribution in [1.29, 1.82) is 0 Å². The third-order valence-corrected chi connectivity index (χ3v) is 5.68. The SMILES string of the molecule is COc1ccc(NC(=O)CCC2CCN(C(=O)[C@@H]3CCC(=O)N3)CC2)c(OC)c1. The van der Waals surface area contributed by atoms with E-state index in [9.17, 15) is 14.4 Å². The lowest BCUT2D eigenvalue weighted by Gasteiger charge is -2.33. The van der Waals surface area contributed by atoms with E-state index in [1.165, 1.54) is 0 Å². The lowest BCUT2D eigenvalue weighted by Crippen LogP contribution is -2.47. The molecule has 0 radical (unpaired) electrons. The summed E-state index contributed by atoms with van der Waals surface area (Å²) in [5, 5.41) is 5.64. The normalized spacial score (nSPS) is 19.6. The lowest BCUT2D eigenvalue weighted by atomic mass is 9.91. The number of amides is 3. The molecule has 158 valence electrons. The molecular formula is C21H29N3O5. The molecule has 2 fully saturated rings. The number of methoxy groups -OCH3 is 2. The summed E-state index contributed by atoms with van der Waals surface area (Å²) in [5.41, 5.74) is 0.623. The number of piperidine rings is 1. The number of nitrogens with one attached hydrogen (secondary N) is 2. The number of anilines is 1. The third-order valence-electron chi connectivity index (χ3n) is 5.68. The molecule has 3 amide bonds. The minimum absolute atomic E-state index is 0.0265. The maximum Gasteiger partial charge on any atom is 0.245 e. The van der Waals surface area contributed by atoms with Crippen LogP contribution < -0.4 is 20.1 Å². The summed E-state index contributed by atoms with van der Waals surface area (Å²) in [6.07, 6.45) is 3.99. The minimum atomic E-state index is -0.357. The van der Waals surface area contributed by atoms with Crippen molar-refractivity contribution in [1.82, 2.24) is 10.2 Å². The molecule has 0 spiro atoms. The van der Waals surface area contributed by atoms with Gasteiger partial charge in [-0.05, 0) is 43.7 Å². The number of rotatable bonds is 7. The molecule has 2 N–H and O–H groups in total.